The molecule has 6 heteroatoms. The normalized spacial score (nSPS) is 10.1. The third-order valence-corrected chi connectivity index (χ3v) is 3.00. The van der Waals surface area contributed by atoms with Crippen molar-refractivity contribution in [3.8, 4) is 11.6 Å². The second kappa shape index (κ2) is 4.84. The largest absolute Gasteiger partial charge is 0.438 e. The zero-order valence-electron chi connectivity index (χ0n) is 7.91. The van der Waals surface area contributed by atoms with E-state index >= 15 is 0 Å². The molecule has 0 fully saturated rings. The van der Waals surface area contributed by atoms with E-state index < -0.39 is 0 Å². The second-order valence-electron chi connectivity index (χ2n) is 2.91. The SMILES string of the molecule is O=c1[nH]cnc(Oc2ccc(Cl)cc2)c1I. The van der Waals surface area contributed by atoms with Crippen molar-refractivity contribution in [2.75, 3.05) is 0 Å². The fourth-order valence-electron chi connectivity index (χ4n) is 1.05. The molecule has 0 aliphatic rings. The molecule has 1 aromatic carbocycles. The van der Waals surface area contributed by atoms with Gasteiger partial charge in [-0.2, -0.15) is 0 Å². The van der Waals surface area contributed by atoms with E-state index in [1.54, 1.807) is 24.3 Å². The summed E-state index contributed by atoms with van der Waals surface area (Å²) in [6.07, 6.45) is 1.30. The molecule has 0 atom stereocenters. The Bertz CT molecular complexity index is 553. The fourth-order valence-corrected chi connectivity index (χ4v) is 1.58. The van der Waals surface area contributed by atoms with Gasteiger partial charge < -0.3 is 9.72 Å². The minimum Gasteiger partial charge on any atom is -0.438 e. The first-order chi connectivity index (χ1) is 7.66. The van der Waals surface area contributed by atoms with E-state index in [-0.39, 0.29) is 11.4 Å². The summed E-state index contributed by atoms with van der Waals surface area (Å²) in [6.45, 7) is 0. The zero-order chi connectivity index (χ0) is 11.5. The lowest BCUT2D eigenvalue weighted by molar-refractivity contribution is 0.456. The van der Waals surface area contributed by atoms with E-state index in [0.29, 0.717) is 14.3 Å². The van der Waals surface area contributed by atoms with Gasteiger partial charge in [0.05, 0.1) is 6.33 Å². The van der Waals surface area contributed by atoms with Crippen LogP contribution in [0.5, 0.6) is 11.6 Å². The molecule has 0 amide bonds. The Hall–Kier alpha value is -1.08. The topological polar surface area (TPSA) is 55.0 Å². The van der Waals surface area contributed by atoms with E-state index in [2.05, 4.69) is 9.97 Å². The Kier molecular flexibility index (Phi) is 3.45. The molecule has 0 radical (unpaired) electrons. The predicted molar refractivity (Wildman–Crippen MR) is 69.1 cm³/mol. The molecule has 0 unspecified atom stereocenters. The molecule has 0 saturated heterocycles. The Labute approximate surface area is 110 Å². The third-order valence-electron chi connectivity index (χ3n) is 1.79. The van der Waals surface area contributed by atoms with Gasteiger partial charge in [-0.1, -0.05) is 11.6 Å². The van der Waals surface area contributed by atoms with Crippen LogP contribution in [0.15, 0.2) is 35.4 Å². The number of hydrogen-bond donors (Lipinski definition) is 1. The van der Waals surface area contributed by atoms with Crippen molar-refractivity contribution in [1.82, 2.24) is 9.97 Å². The third kappa shape index (κ3) is 2.53. The van der Waals surface area contributed by atoms with Crippen LogP contribution in [0.2, 0.25) is 5.02 Å². The summed E-state index contributed by atoms with van der Waals surface area (Å²) < 4.78 is 5.86. The monoisotopic (exact) mass is 348 g/mol. The zero-order valence-corrected chi connectivity index (χ0v) is 10.8. The van der Waals surface area contributed by atoms with E-state index in [4.69, 9.17) is 16.3 Å². The average molecular weight is 349 g/mol. The fraction of sp³-hybridized carbons (Fsp3) is 0. The number of rotatable bonds is 2. The maximum atomic E-state index is 11.3. The van der Waals surface area contributed by atoms with Gasteiger partial charge in [0.1, 0.15) is 9.32 Å². The van der Waals surface area contributed by atoms with Crippen LogP contribution in [0.4, 0.5) is 0 Å². The van der Waals surface area contributed by atoms with Gasteiger partial charge in [-0.05, 0) is 46.9 Å². The molecule has 2 rings (SSSR count). The number of ether oxygens (including phenoxy) is 1. The maximum absolute atomic E-state index is 11.3. The van der Waals surface area contributed by atoms with Crippen molar-refractivity contribution in [2.24, 2.45) is 0 Å². The number of benzene rings is 1. The van der Waals surface area contributed by atoms with Crippen LogP contribution in [-0.2, 0) is 0 Å². The average Bonchev–Trinajstić information content (AvgIpc) is 2.28. The lowest BCUT2D eigenvalue weighted by atomic mass is 10.3. The summed E-state index contributed by atoms with van der Waals surface area (Å²) in [4.78, 5) is 17.7. The van der Waals surface area contributed by atoms with E-state index in [9.17, 15) is 4.79 Å². The highest BCUT2D eigenvalue weighted by Crippen LogP contribution is 2.23. The molecule has 0 spiro atoms. The van der Waals surface area contributed by atoms with Gasteiger partial charge in [0.15, 0.2) is 0 Å². The minimum absolute atomic E-state index is 0.223. The molecule has 1 N–H and O–H groups in total. The standard InChI is InChI=1S/C10H6ClIN2O2/c11-6-1-3-7(4-2-6)16-10-8(12)9(15)13-5-14-10/h1-5H,(H,13,14,15). The van der Waals surface area contributed by atoms with Gasteiger partial charge in [0, 0.05) is 5.02 Å². The first-order valence-electron chi connectivity index (χ1n) is 4.33. The minimum atomic E-state index is -0.223. The molecule has 16 heavy (non-hydrogen) atoms. The number of hydrogen-bond acceptors (Lipinski definition) is 3. The van der Waals surface area contributed by atoms with Crippen molar-refractivity contribution >= 4 is 34.2 Å². The van der Waals surface area contributed by atoms with Crippen molar-refractivity contribution in [3.05, 3.63) is 49.5 Å². The van der Waals surface area contributed by atoms with Gasteiger partial charge >= 0.3 is 0 Å². The highest BCUT2D eigenvalue weighted by atomic mass is 127. The van der Waals surface area contributed by atoms with Gasteiger partial charge in [0.2, 0.25) is 5.88 Å². The van der Waals surface area contributed by atoms with Crippen LogP contribution in [0, 0.1) is 3.57 Å². The quantitative estimate of drug-likeness (QED) is 0.849. The molecule has 1 aromatic heterocycles. The van der Waals surface area contributed by atoms with Crippen LogP contribution in [0.1, 0.15) is 0 Å². The summed E-state index contributed by atoms with van der Waals surface area (Å²) in [5.74, 6) is 0.868. The molecule has 1 heterocycles. The Morgan fingerprint density at radius 1 is 1.31 bits per heavy atom. The molecule has 0 saturated carbocycles. The second-order valence-corrected chi connectivity index (χ2v) is 4.42. The first kappa shape index (κ1) is 11.4. The number of aromatic amines is 1. The predicted octanol–water partition coefficient (Wildman–Crippen LogP) is 2.82. The number of halogens is 2. The van der Waals surface area contributed by atoms with Crippen molar-refractivity contribution in [1.29, 1.82) is 0 Å². The van der Waals surface area contributed by atoms with E-state index in [0.717, 1.165) is 0 Å². The summed E-state index contributed by atoms with van der Waals surface area (Å²) in [5, 5.41) is 0.626. The van der Waals surface area contributed by atoms with Crippen LogP contribution in [-0.4, -0.2) is 9.97 Å². The molecule has 82 valence electrons. The number of aromatic nitrogens is 2. The molecule has 0 bridgehead atoms. The van der Waals surface area contributed by atoms with Crippen LogP contribution < -0.4 is 10.3 Å². The summed E-state index contributed by atoms with van der Waals surface area (Å²) in [6, 6.07) is 6.83. The smallest absolute Gasteiger partial charge is 0.268 e. The molecular weight excluding hydrogens is 342 g/mol. The van der Waals surface area contributed by atoms with Gasteiger partial charge in [-0.3, -0.25) is 4.79 Å². The summed E-state index contributed by atoms with van der Waals surface area (Å²) in [5.41, 5.74) is -0.223. The Morgan fingerprint density at radius 3 is 2.69 bits per heavy atom. The summed E-state index contributed by atoms with van der Waals surface area (Å²) >= 11 is 7.62. The van der Waals surface area contributed by atoms with Crippen LogP contribution >= 0.6 is 34.2 Å². The Morgan fingerprint density at radius 2 is 2.00 bits per heavy atom. The van der Waals surface area contributed by atoms with Crippen LogP contribution in [0.3, 0.4) is 0 Å². The lowest BCUT2D eigenvalue weighted by Gasteiger charge is -2.05. The van der Waals surface area contributed by atoms with Gasteiger partial charge in [0.25, 0.3) is 5.56 Å². The molecular formula is C10H6ClIN2O2. The number of H-pyrrole nitrogens is 1. The van der Waals surface area contributed by atoms with Crippen molar-refractivity contribution < 1.29 is 4.74 Å². The summed E-state index contributed by atoms with van der Waals surface area (Å²) in [7, 11) is 0. The maximum Gasteiger partial charge on any atom is 0.268 e. The van der Waals surface area contributed by atoms with Gasteiger partial charge in [-0.15, -0.1) is 0 Å². The number of nitrogens with zero attached hydrogens (tertiary/aromatic N) is 1. The van der Waals surface area contributed by atoms with E-state index in [1.165, 1.54) is 6.33 Å². The molecule has 0 aliphatic heterocycles. The lowest BCUT2D eigenvalue weighted by Crippen LogP contribution is -2.11. The van der Waals surface area contributed by atoms with Gasteiger partial charge in [-0.25, -0.2) is 4.98 Å². The molecule has 4 nitrogen and oxygen atoms in total. The van der Waals surface area contributed by atoms with Crippen molar-refractivity contribution in [3.63, 3.8) is 0 Å². The Balaban J connectivity index is 2.30. The highest BCUT2D eigenvalue weighted by molar-refractivity contribution is 14.1. The number of nitrogens with one attached hydrogen (secondary N) is 1. The molecule has 2 aromatic rings. The van der Waals surface area contributed by atoms with E-state index in [1.807, 2.05) is 22.6 Å². The van der Waals surface area contributed by atoms with Crippen LogP contribution in [0.25, 0.3) is 0 Å². The first-order valence-corrected chi connectivity index (χ1v) is 5.79. The highest BCUT2D eigenvalue weighted by Gasteiger charge is 2.07. The van der Waals surface area contributed by atoms with Crippen molar-refractivity contribution in [2.45, 2.75) is 0 Å². The molecule has 0 aliphatic carbocycles.